The van der Waals surface area contributed by atoms with E-state index in [0.29, 0.717) is 24.5 Å². The quantitative estimate of drug-likeness (QED) is 0.843. The van der Waals surface area contributed by atoms with Gasteiger partial charge < -0.3 is 20.1 Å². The van der Waals surface area contributed by atoms with E-state index >= 15 is 0 Å². The molecule has 0 spiro atoms. The lowest BCUT2D eigenvalue weighted by molar-refractivity contribution is 0.174. The summed E-state index contributed by atoms with van der Waals surface area (Å²) in [6.45, 7) is 0.546. The molecule has 1 aromatic carbocycles. The number of hydrogen-bond acceptors (Lipinski definition) is 5. The Labute approximate surface area is 122 Å². The van der Waals surface area contributed by atoms with Gasteiger partial charge in [-0.05, 0) is 24.1 Å². The van der Waals surface area contributed by atoms with Crippen LogP contribution in [-0.4, -0.2) is 38.8 Å². The van der Waals surface area contributed by atoms with Crippen molar-refractivity contribution in [3.8, 4) is 11.5 Å². The molecule has 0 aromatic heterocycles. The van der Waals surface area contributed by atoms with E-state index in [9.17, 15) is 13.2 Å². The summed E-state index contributed by atoms with van der Waals surface area (Å²) in [4.78, 5) is 11.7. The second-order valence-corrected chi connectivity index (χ2v) is 7.34. The predicted octanol–water partition coefficient (Wildman–Crippen LogP) is 0.402. The summed E-state index contributed by atoms with van der Waals surface area (Å²) < 4.78 is 33.1. The fraction of sp³-hybridized carbons (Fsp3) is 0.462. The number of fused-ring (bicyclic) bond motifs is 1. The number of ether oxygens (including phenoxy) is 2. The molecule has 0 bridgehead atoms. The molecule has 1 aromatic rings. The highest BCUT2D eigenvalue weighted by Crippen LogP contribution is 2.32. The van der Waals surface area contributed by atoms with Crippen LogP contribution in [0, 0.1) is 0 Å². The van der Waals surface area contributed by atoms with Gasteiger partial charge >= 0.3 is 6.03 Å². The van der Waals surface area contributed by atoms with Crippen molar-refractivity contribution < 1.29 is 22.7 Å². The number of carbonyl (C=O) groups excluding carboxylic acids is 1. The Balaban J connectivity index is 1.50. The molecule has 1 unspecified atom stereocenters. The number of amides is 2. The van der Waals surface area contributed by atoms with Crippen LogP contribution in [-0.2, 0) is 16.4 Å². The molecule has 2 amide bonds. The van der Waals surface area contributed by atoms with Gasteiger partial charge in [-0.15, -0.1) is 0 Å². The molecule has 1 atom stereocenters. The average Bonchev–Trinajstić information content (AvgIpc) is 3.02. The molecule has 2 N–H and O–H groups in total. The van der Waals surface area contributed by atoms with Crippen LogP contribution in [0.25, 0.3) is 0 Å². The first-order chi connectivity index (χ1) is 10.0. The van der Waals surface area contributed by atoms with Crippen molar-refractivity contribution in [2.75, 3.05) is 18.3 Å². The summed E-state index contributed by atoms with van der Waals surface area (Å²) in [6, 6.07) is 4.78. The maximum absolute atomic E-state index is 11.7. The zero-order chi connectivity index (χ0) is 14.9. The Hall–Kier alpha value is -1.96. The number of sulfone groups is 1. The SMILES string of the molecule is O=C(NCc1ccc2c(c1)OCO2)NC1CCS(=O)(=O)C1. The average molecular weight is 312 g/mol. The summed E-state index contributed by atoms with van der Waals surface area (Å²) in [5.74, 6) is 1.51. The van der Waals surface area contributed by atoms with Crippen LogP contribution in [0.15, 0.2) is 18.2 Å². The van der Waals surface area contributed by atoms with Crippen LogP contribution >= 0.6 is 0 Å². The third-order valence-corrected chi connectivity index (χ3v) is 5.23. The summed E-state index contributed by atoms with van der Waals surface area (Å²) in [5, 5.41) is 5.38. The van der Waals surface area contributed by atoms with E-state index in [4.69, 9.17) is 9.47 Å². The summed E-state index contributed by atoms with van der Waals surface area (Å²) in [5.41, 5.74) is 0.883. The van der Waals surface area contributed by atoms with Gasteiger partial charge in [0.25, 0.3) is 0 Å². The minimum atomic E-state index is -2.99. The molecule has 21 heavy (non-hydrogen) atoms. The van der Waals surface area contributed by atoms with E-state index in [1.165, 1.54) is 0 Å². The van der Waals surface area contributed by atoms with Crippen molar-refractivity contribution in [3.63, 3.8) is 0 Å². The molecule has 8 heteroatoms. The van der Waals surface area contributed by atoms with E-state index in [-0.39, 0.29) is 30.4 Å². The van der Waals surface area contributed by atoms with Crippen LogP contribution in [0.5, 0.6) is 11.5 Å². The van der Waals surface area contributed by atoms with Gasteiger partial charge in [-0.1, -0.05) is 6.07 Å². The number of urea groups is 1. The van der Waals surface area contributed by atoms with Crippen LogP contribution < -0.4 is 20.1 Å². The van der Waals surface area contributed by atoms with Crippen LogP contribution in [0.1, 0.15) is 12.0 Å². The van der Waals surface area contributed by atoms with Gasteiger partial charge in [-0.3, -0.25) is 0 Å². The molecule has 3 rings (SSSR count). The highest BCUT2D eigenvalue weighted by Gasteiger charge is 2.28. The number of benzene rings is 1. The topological polar surface area (TPSA) is 93.7 Å². The van der Waals surface area contributed by atoms with E-state index in [2.05, 4.69) is 10.6 Å². The fourth-order valence-corrected chi connectivity index (χ4v) is 4.05. The van der Waals surface area contributed by atoms with Crippen LogP contribution in [0.2, 0.25) is 0 Å². The third-order valence-electron chi connectivity index (χ3n) is 3.46. The van der Waals surface area contributed by atoms with E-state index < -0.39 is 9.84 Å². The molecule has 2 aliphatic rings. The van der Waals surface area contributed by atoms with E-state index in [0.717, 1.165) is 5.56 Å². The molecule has 1 fully saturated rings. The second-order valence-electron chi connectivity index (χ2n) is 5.11. The van der Waals surface area contributed by atoms with Crippen molar-refractivity contribution in [2.24, 2.45) is 0 Å². The van der Waals surface area contributed by atoms with Gasteiger partial charge in [0.05, 0.1) is 11.5 Å². The molecule has 0 aliphatic carbocycles. The van der Waals surface area contributed by atoms with Crippen LogP contribution in [0.3, 0.4) is 0 Å². The lowest BCUT2D eigenvalue weighted by Crippen LogP contribution is -2.42. The molecule has 2 aliphatic heterocycles. The minimum Gasteiger partial charge on any atom is -0.454 e. The van der Waals surface area contributed by atoms with Crippen molar-refractivity contribution in [2.45, 2.75) is 19.0 Å². The Morgan fingerprint density at radius 3 is 2.86 bits per heavy atom. The Morgan fingerprint density at radius 2 is 2.10 bits per heavy atom. The van der Waals surface area contributed by atoms with Gasteiger partial charge in [0.1, 0.15) is 0 Å². The number of hydrogen-bond donors (Lipinski definition) is 2. The van der Waals surface area contributed by atoms with E-state index in [1.807, 2.05) is 12.1 Å². The number of nitrogens with one attached hydrogen (secondary N) is 2. The van der Waals surface area contributed by atoms with Crippen molar-refractivity contribution in [1.82, 2.24) is 10.6 Å². The molecule has 0 radical (unpaired) electrons. The molecular weight excluding hydrogens is 296 g/mol. The molecule has 2 heterocycles. The lowest BCUT2D eigenvalue weighted by atomic mass is 10.2. The fourth-order valence-electron chi connectivity index (χ4n) is 2.38. The van der Waals surface area contributed by atoms with Crippen molar-refractivity contribution in [3.05, 3.63) is 23.8 Å². The monoisotopic (exact) mass is 312 g/mol. The van der Waals surface area contributed by atoms with Gasteiger partial charge in [0, 0.05) is 12.6 Å². The van der Waals surface area contributed by atoms with Crippen LogP contribution in [0.4, 0.5) is 4.79 Å². The molecule has 7 nitrogen and oxygen atoms in total. The smallest absolute Gasteiger partial charge is 0.315 e. The molecule has 0 saturated carbocycles. The highest BCUT2D eigenvalue weighted by molar-refractivity contribution is 7.91. The summed E-state index contributed by atoms with van der Waals surface area (Å²) in [6.07, 6.45) is 0.472. The Bertz CT molecular complexity index is 659. The van der Waals surface area contributed by atoms with Gasteiger partial charge in [0.2, 0.25) is 6.79 Å². The van der Waals surface area contributed by atoms with Gasteiger partial charge in [-0.25, -0.2) is 13.2 Å². The first kappa shape index (κ1) is 14.0. The maximum Gasteiger partial charge on any atom is 0.315 e. The predicted molar refractivity (Wildman–Crippen MR) is 75.0 cm³/mol. The van der Waals surface area contributed by atoms with E-state index in [1.54, 1.807) is 6.07 Å². The minimum absolute atomic E-state index is 0.0183. The first-order valence-electron chi connectivity index (χ1n) is 6.65. The zero-order valence-electron chi connectivity index (χ0n) is 11.3. The standard InChI is InChI=1S/C13H16N2O5S/c16-13(15-10-3-4-21(17,18)7-10)14-6-9-1-2-11-12(5-9)20-8-19-11/h1-2,5,10H,3-4,6-8H2,(H2,14,15,16). The van der Waals surface area contributed by atoms with Gasteiger partial charge in [0.15, 0.2) is 21.3 Å². The summed E-state index contributed by atoms with van der Waals surface area (Å²) in [7, 11) is -2.99. The first-order valence-corrected chi connectivity index (χ1v) is 8.47. The molecule has 1 saturated heterocycles. The normalized spacial score (nSPS) is 22.0. The highest BCUT2D eigenvalue weighted by atomic mass is 32.2. The number of rotatable bonds is 3. The Kier molecular flexibility index (Phi) is 3.62. The maximum atomic E-state index is 11.7. The molecule has 114 valence electrons. The Morgan fingerprint density at radius 1 is 1.29 bits per heavy atom. The van der Waals surface area contributed by atoms with Crippen molar-refractivity contribution >= 4 is 15.9 Å². The second kappa shape index (κ2) is 5.44. The largest absolute Gasteiger partial charge is 0.454 e. The summed E-state index contributed by atoms with van der Waals surface area (Å²) >= 11 is 0. The zero-order valence-corrected chi connectivity index (χ0v) is 12.1. The van der Waals surface area contributed by atoms with Crippen molar-refractivity contribution in [1.29, 1.82) is 0 Å². The third kappa shape index (κ3) is 3.38. The lowest BCUT2D eigenvalue weighted by Gasteiger charge is -2.12. The number of carbonyl (C=O) groups is 1. The molecular formula is C13H16N2O5S. The van der Waals surface area contributed by atoms with Gasteiger partial charge in [-0.2, -0.15) is 0 Å².